The van der Waals surface area contributed by atoms with Crippen molar-refractivity contribution in [2.45, 2.75) is 45.6 Å². The molecule has 1 atom stereocenters. The van der Waals surface area contributed by atoms with Crippen molar-refractivity contribution in [3.05, 3.63) is 56.7 Å². The van der Waals surface area contributed by atoms with Crippen LogP contribution in [0.15, 0.2) is 35.7 Å². The lowest BCUT2D eigenvalue weighted by Crippen LogP contribution is -2.49. The predicted octanol–water partition coefficient (Wildman–Crippen LogP) is 5.10. The van der Waals surface area contributed by atoms with Gasteiger partial charge in [0, 0.05) is 29.5 Å². The molecule has 1 aromatic carbocycles. The zero-order valence-corrected chi connectivity index (χ0v) is 19.3. The van der Waals surface area contributed by atoms with Crippen molar-refractivity contribution in [3.63, 3.8) is 0 Å². The fourth-order valence-electron chi connectivity index (χ4n) is 3.85. The highest BCUT2D eigenvalue weighted by Crippen LogP contribution is 2.38. The van der Waals surface area contributed by atoms with Gasteiger partial charge in [-0.15, -0.1) is 11.3 Å². The summed E-state index contributed by atoms with van der Waals surface area (Å²) < 4.78 is 0. The highest BCUT2D eigenvalue weighted by Gasteiger charge is 2.33. The van der Waals surface area contributed by atoms with Crippen molar-refractivity contribution < 1.29 is 9.59 Å². The van der Waals surface area contributed by atoms with Crippen LogP contribution in [0.25, 0.3) is 0 Å². The van der Waals surface area contributed by atoms with E-state index in [0.717, 1.165) is 31.2 Å². The largest absolute Gasteiger partial charge is 0.338 e. The molecule has 3 amide bonds. The SMILES string of the molecule is CCCCNC(=O)N(CCC)CC(=O)N1CCc2sccc2C1c1ccc(Cl)cc1. The average Bonchev–Trinajstić information content (AvgIpc) is 3.22. The summed E-state index contributed by atoms with van der Waals surface area (Å²) in [6, 6.07) is 9.52. The van der Waals surface area contributed by atoms with Crippen LogP contribution in [0, 0.1) is 0 Å². The minimum atomic E-state index is -0.157. The number of amides is 3. The lowest BCUT2D eigenvalue weighted by Gasteiger charge is -2.37. The minimum Gasteiger partial charge on any atom is -0.338 e. The molecule has 30 heavy (non-hydrogen) atoms. The number of hydrogen-bond acceptors (Lipinski definition) is 3. The van der Waals surface area contributed by atoms with Crippen molar-refractivity contribution in [1.82, 2.24) is 15.1 Å². The number of fused-ring (bicyclic) bond motifs is 1. The third-order valence-corrected chi connectivity index (χ3v) is 6.63. The molecular weight excluding hydrogens is 418 g/mol. The molecule has 0 spiro atoms. The molecule has 7 heteroatoms. The van der Waals surface area contributed by atoms with Gasteiger partial charge in [0.05, 0.1) is 6.04 Å². The molecule has 1 aliphatic rings. The first-order valence-corrected chi connectivity index (χ1v) is 11.9. The topological polar surface area (TPSA) is 52.7 Å². The summed E-state index contributed by atoms with van der Waals surface area (Å²) in [5.74, 6) is -0.0223. The van der Waals surface area contributed by atoms with Crippen LogP contribution in [0.3, 0.4) is 0 Å². The molecule has 3 rings (SSSR count). The van der Waals surface area contributed by atoms with E-state index in [1.54, 1.807) is 16.2 Å². The Labute approximate surface area is 188 Å². The molecule has 0 fully saturated rings. The van der Waals surface area contributed by atoms with Crippen LogP contribution in [0.5, 0.6) is 0 Å². The van der Waals surface area contributed by atoms with E-state index in [2.05, 4.69) is 23.7 Å². The lowest BCUT2D eigenvalue weighted by atomic mass is 9.93. The molecule has 0 saturated carbocycles. The first kappa shape index (κ1) is 22.6. The van der Waals surface area contributed by atoms with E-state index < -0.39 is 0 Å². The van der Waals surface area contributed by atoms with E-state index in [9.17, 15) is 9.59 Å². The number of carbonyl (C=O) groups is 2. The van der Waals surface area contributed by atoms with Crippen LogP contribution >= 0.6 is 22.9 Å². The van der Waals surface area contributed by atoms with Crippen molar-refractivity contribution in [3.8, 4) is 0 Å². The van der Waals surface area contributed by atoms with Gasteiger partial charge < -0.3 is 15.1 Å². The maximum absolute atomic E-state index is 13.4. The molecule has 1 unspecified atom stereocenters. The number of nitrogens with zero attached hydrogens (tertiary/aromatic N) is 2. The summed E-state index contributed by atoms with van der Waals surface area (Å²) >= 11 is 7.83. The molecule has 2 heterocycles. The molecule has 0 aliphatic carbocycles. The van der Waals surface area contributed by atoms with E-state index >= 15 is 0 Å². The molecule has 162 valence electrons. The Bertz CT molecular complexity index is 852. The zero-order valence-electron chi connectivity index (χ0n) is 17.7. The van der Waals surface area contributed by atoms with E-state index in [-0.39, 0.29) is 24.5 Å². The highest BCUT2D eigenvalue weighted by molar-refractivity contribution is 7.10. The van der Waals surface area contributed by atoms with Gasteiger partial charge in [-0.2, -0.15) is 0 Å². The Hall–Kier alpha value is -2.05. The standard InChI is InChI=1S/C23H30ClN3O2S/c1-3-5-12-25-23(29)26(13-4-2)16-21(28)27-14-10-20-19(11-15-30-20)22(27)17-6-8-18(24)9-7-17/h6-9,11,15,22H,3-5,10,12-14,16H2,1-2H3,(H,25,29). The van der Waals surface area contributed by atoms with Gasteiger partial charge in [0.1, 0.15) is 6.54 Å². The highest BCUT2D eigenvalue weighted by atomic mass is 35.5. The van der Waals surface area contributed by atoms with Crippen molar-refractivity contribution >= 4 is 34.9 Å². The van der Waals surface area contributed by atoms with E-state index in [0.29, 0.717) is 24.7 Å². The summed E-state index contributed by atoms with van der Waals surface area (Å²) in [4.78, 5) is 30.9. The lowest BCUT2D eigenvalue weighted by molar-refractivity contribution is -0.133. The number of nitrogens with one attached hydrogen (secondary N) is 1. The Morgan fingerprint density at radius 3 is 2.67 bits per heavy atom. The second kappa shape index (κ2) is 10.8. The quantitative estimate of drug-likeness (QED) is 0.572. The summed E-state index contributed by atoms with van der Waals surface area (Å²) in [6.45, 7) is 6.05. The Morgan fingerprint density at radius 2 is 1.97 bits per heavy atom. The minimum absolute atomic E-state index is 0.0223. The fourth-order valence-corrected chi connectivity index (χ4v) is 4.88. The maximum atomic E-state index is 13.4. The average molecular weight is 448 g/mol. The number of rotatable bonds is 8. The summed E-state index contributed by atoms with van der Waals surface area (Å²) in [7, 11) is 0. The molecule has 0 bridgehead atoms. The summed E-state index contributed by atoms with van der Waals surface area (Å²) in [5, 5.41) is 5.71. The number of benzene rings is 1. The van der Waals surface area contributed by atoms with Gasteiger partial charge in [0.25, 0.3) is 0 Å². The molecular formula is C23H30ClN3O2S. The van der Waals surface area contributed by atoms with Crippen LogP contribution in [-0.4, -0.2) is 47.9 Å². The molecule has 2 aromatic rings. The van der Waals surface area contributed by atoms with Gasteiger partial charge in [0.2, 0.25) is 5.91 Å². The van der Waals surface area contributed by atoms with Crippen molar-refractivity contribution in [1.29, 1.82) is 0 Å². The third-order valence-electron chi connectivity index (χ3n) is 5.39. The molecule has 1 aliphatic heterocycles. The molecule has 1 N–H and O–H groups in total. The Kier molecular flexibility index (Phi) is 8.16. The van der Waals surface area contributed by atoms with Gasteiger partial charge in [-0.25, -0.2) is 4.79 Å². The van der Waals surface area contributed by atoms with Crippen LogP contribution in [-0.2, 0) is 11.2 Å². The zero-order chi connectivity index (χ0) is 21.5. The van der Waals surface area contributed by atoms with Gasteiger partial charge in [-0.1, -0.05) is 44.0 Å². The second-order valence-electron chi connectivity index (χ2n) is 7.60. The normalized spacial score (nSPS) is 15.6. The Morgan fingerprint density at radius 1 is 1.20 bits per heavy atom. The maximum Gasteiger partial charge on any atom is 0.317 e. The van der Waals surface area contributed by atoms with Crippen LogP contribution in [0.1, 0.15) is 55.2 Å². The van der Waals surface area contributed by atoms with Gasteiger partial charge >= 0.3 is 6.03 Å². The summed E-state index contributed by atoms with van der Waals surface area (Å²) in [5.41, 5.74) is 2.22. The predicted molar refractivity (Wildman–Crippen MR) is 123 cm³/mol. The van der Waals surface area contributed by atoms with E-state index in [1.807, 2.05) is 36.1 Å². The first-order valence-electron chi connectivity index (χ1n) is 10.7. The molecule has 5 nitrogen and oxygen atoms in total. The Balaban J connectivity index is 1.80. The van der Waals surface area contributed by atoms with Gasteiger partial charge in [0.15, 0.2) is 0 Å². The van der Waals surface area contributed by atoms with E-state index in [4.69, 9.17) is 11.6 Å². The molecule has 1 aromatic heterocycles. The molecule has 0 saturated heterocycles. The van der Waals surface area contributed by atoms with Crippen LogP contribution in [0.2, 0.25) is 5.02 Å². The third kappa shape index (κ3) is 5.35. The monoisotopic (exact) mass is 447 g/mol. The number of hydrogen-bond donors (Lipinski definition) is 1. The summed E-state index contributed by atoms with van der Waals surface area (Å²) in [6.07, 6.45) is 3.61. The first-order chi connectivity index (χ1) is 14.5. The number of unbranched alkanes of at least 4 members (excludes halogenated alkanes) is 1. The molecule has 0 radical (unpaired) electrons. The fraction of sp³-hybridized carbons (Fsp3) is 0.478. The number of halogens is 1. The smallest absolute Gasteiger partial charge is 0.317 e. The van der Waals surface area contributed by atoms with Crippen molar-refractivity contribution in [2.24, 2.45) is 0 Å². The van der Waals surface area contributed by atoms with Crippen LogP contribution < -0.4 is 5.32 Å². The number of thiophene rings is 1. The van der Waals surface area contributed by atoms with Crippen molar-refractivity contribution in [2.75, 3.05) is 26.2 Å². The van der Waals surface area contributed by atoms with E-state index in [1.165, 1.54) is 10.4 Å². The second-order valence-corrected chi connectivity index (χ2v) is 9.03. The number of carbonyl (C=O) groups excluding carboxylic acids is 2. The number of urea groups is 1. The van der Waals surface area contributed by atoms with Gasteiger partial charge in [-0.3, -0.25) is 4.79 Å². The van der Waals surface area contributed by atoms with Crippen LogP contribution in [0.4, 0.5) is 4.79 Å². The van der Waals surface area contributed by atoms with Gasteiger partial charge in [-0.05, 0) is 54.0 Å².